The van der Waals surface area contributed by atoms with Gasteiger partial charge in [0.15, 0.2) is 0 Å². The van der Waals surface area contributed by atoms with Gasteiger partial charge in [-0.15, -0.1) is 0 Å². The maximum atomic E-state index is 13.5. The van der Waals surface area contributed by atoms with Gasteiger partial charge in [0.2, 0.25) is 0 Å². The Kier molecular flexibility index (Phi) is 4.77. The summed E-state index contributed by atoms with van der Waals surface area (Å²) in [6.45, 7) is 0. The number of nitrogens with zero attached hydrogens (tertiary/aromatic N) is 1. The van der Waals surface area contributed by atoms with E-state index in [0.29, 0.717) is 0 Å². The van der Waals surface area contributed by atoms with E-state index in [2.05, 4.69) is 4.74 Å². The minimum absolute atomic E-state index is 0.0529. The zero-order valence-electron chi connectivity index (χ0n) is 9.63. The Bertz CT molecular complexity index is 483. The highest BCUT2D eigenvalue weighted by Crippen LogP contribution is 2.23. The first-order valence-corrected chi connectivity index (χ1v) is 5.12. The van der Waals surface area contributed by atoms with Crippen molar-refractivity contribution in [2.45, 2.75) is 18.6 Å². The first kappa shape index (κ1) is 14.1. The maximum Gasteiger partial charge on any atom is 0.337 e. The first-order valence-electron chi connectivity index (χ1n) is 5.12. The van der Waals surface area contributed by atoms with Crippen LogP contribution in [0.3, 0.4) is 0 Å². The van der Waals surface area contributed by atoms with Gasteiger partial charge in [-0.25, -0.2) is 9.18 Å². The van der Waals surface area contributed by atoms with Gasteiger partial charge in [-0.2, -0.15) is 5.26 Å². The summed E-state index contributed by atoms with van der Waals surface area (Å²) >= 11 is 0. The number of rotatable bonds is 4. The van der Waals surface area contributed by atoms with Crippen molar-refractivity contribution in [3.05, 3.63) is 35.1 Å². The summed E-state index contributed by atoms with van der Waals surface area (Å²) in [4.78, 5) is 11.3. The fourth-order valence-corrected chi connectivity index (χ4v) is 1.43. The highest BCUT2D eigenvalue weighted by molar-refractivity contribution is 5.89. The van der Waals surface area contributed by atoms with Crippen molar-refractivity contribution >= 4 is 5.97 Å². The van der Waals surface area contributed by atoms with Crippen LogP contribution in [0.5, 0.6) is 0 Å². The van der Waals surface area contributed by atoms with Gasteiger partial charge in [0.1, 0.15) is 11.9 Å². The largest absolute Gasteiger partial charge is 0.465 e. The van der Waals surface area contributed by atoms with E-state index in [4.69, 9.17) is 5.26 Å². The lowest BCUT2D eigenvalue weighted by molar-refractivity contribution is 0.0194. The molecule has 0 aliphatic rings. The number of methoxy groups -OCH3 is 1. The minimum atomic E-state index is -1.57. The summed E-state index contributed by atoms with van der Waals surface area (Å²) in [7, 11) is 1.17. The third kappa shape index (κ3) is 3.03. The van der Waals surface area contributed by atoms with Crippen molar-refractivity contribution in [1.29, 1.82) is 5.26 Å². The molecule has 5 nitrogen and oxygen atoms in total. The van der Waals surface area contributed by atoms with Gasteiger partial charge in [-0.1, -0.05) is 0 Å². The van der Waals surface area contributed by atoms with Gasteiger partial charge >= 0.3 is 5.97 Å². The molecule has 2 atom stereocenters. The molecule has 0 aromatic heterocycles. The Morgan fingerprint density at radius 1 is 1.56 bits per heavy atom. The second-order valence-electron chi connectivity index (χ2n) is 3.60. The average molecular weight is 253 g/mol. The zero-order chi connectivity index (χ0) is 13.7. The van der Waals surface area contributed by atoms with Crippen LogP contribution in [0, 0.1) is 17.1 Å². The molecule has 0 spiro atoms. The van der Waals surface area contributed by atoms with Crippen LogP contribution >= 0.6 is 0 Å². The highest BCUT2D eigenvalue weighted by atomic mass is 19.1. The Labute approximate surface area is 103 Å². The highest BCUT2D eigenvalue weighted by Gasteiger charge is 2.22. The molecule has 0 fully saturated rings. The molecule has 0 aliphatic carbocycles. The Morgan fingerprint density at radius 2 is 2.22 bits per heavy atom. The van der Waals surface area contributed by atoms with Crippen molar-refractivity contribution in [2.75, 3.05) is 7.11 Å². The number of nitriles is 1. The molecule has 0 saturated heterocycles. The van der Waals surface area contributed by atoms with Gasteiger partial charge in [-0.3, -0.25) is 0 Å². The maximum absolute atomic E-state index is 13.5. The van der Waals surface area contributed by atoms with Crippen LogP contribution in [-0.4, -0.2) is 29.4 Å². The number of aliphatic hydroxyl groups excluding tert-OH is 2. The molecule has 0 radical (unpaired) electrons. The van der Waals surface area contributed by atoms with Gasteiger partial charge in [0, 0.05) is 5.56 Å². The van der Waals surface area contributed by atoms with Crippen LogP contribution in [0.1, 0.15) is 28.4 Å². The van der Waals surface area contributed by atoms with Crippen molar-refractivity contribution in [2.24, 2.45) is 0 Å². The molecule has 0 saturated carbocycles. The number of carbonyl (C=O) groups excluding carboxylic acids is 1. The predicted octanol–water partition coefficient (Wildman–Crippen LogP) is 0.920. The summed E-state index contributed by atoms with van der Waals surface area (Å²) < 4.78 is 17.9. The topological polar surface area (TPSA) is 90.6 Å². The standard InChI is InChI=1S/C12H12FNO4/c1-18-12(17)7-2-3-9(13)8(6-7)11(16)10(15)4-5-14/h2-3,6,10-11,15-16H,4H2,1H3. The Morgan fingerprint density at radius 3 is 2.78 bits per heavy atom. The van der Waals surface area contributed by atoms with Crippen LogP contribution < -0.4 is 0 Å². The molecule has 1 aromatic carbocycles. The lowest BCUT2D eigenvalue weighted by Gasteiger charge is -2.16. The SMILES string of the molecule is COC(=O)c1ccc(F)c(C(O)C(O)CC#N)c1. The molecule has 2 N–H and O–H groups in total. The number of hydrogen-bond acceptors (Lipinski definition) is 5. The zero-order valence-corrected chi connectivity index (χ0v) is 9.63. The van der Waals surface area contributed by atoms with Crippen molar-refractivity contribution in [1.82, 2.24) is 0 Å². The number of benzene rings is 1. The van der Waals surface area contributed by atoms with E-state index in [1.807, 2.05) is 0 Å². The molecule has 1 aromatic rings. The molecule has 0 bridgehead atoms. The third-order valence-corrected chi connectivity index (χ3v) is 2.40. The van der Waals surface area contributed by atoms with Crippen LogP contribution in [-0.2, 0) is 4.74 Å². The quantitative estimate of drug-likeness (QED) is 0.779. The molecule has 18 heavy (non-hydrogen) atoms. The van der Waals surface area contributed by atoms with E-state index >= 15 is 0 Å². The summed E-state index contributed by atoms with van der Waals surface area (Å²) in [6.07, 6.45) is -3.34. The van der Waals surface area contributed by atoms with E-state index in [9.17, 15) is 19.4 Å². The molecule has 1 rings (SSSR count). The number of carbonyl (C=O) groups is 1. The Balaban J connectivity index is 3.08. The van der Waals surface area contributed by atoms with Crippen molar-refractivity contribution in [3.8, 4) is 6.07 Å². The predicted molar refractivity (Wildman–Crippen MR) is 58.9 cm³/mol. The number of esters is 1. The van der Waals surface area contributed by atoms with E-state index in [1.54, 1.807) is 6.07 Å². The van der Waals surface area contributed by atoms with Gasteiger partial charge < -0.3 is 14.9 Å². The third-order valence-electron chi connectivity index (χ3n) is 2.40. The minimum Gasteiger partial charge on any atom is -0.465 e. The van der Waals surface area contributed by atoms with E-state index in [1.165, 1.54) is 13.2 Å². The van der Waals surface area contributed by atoms with Crippen LogP contribution in [0.15, 0.2) is 18.2 Å². The lowest BCUT2D eigenvalue weighted by Crippen LogP contribution is -2.19. The number of halogens is 1. The summed E-state index contributed by atoms with van der Waals surface area (Å²) in [5.74, 6) is -1.45. The Hall–Kier alpha value is -1.97. The summed E-state index contributed by atoms with van der Waals surface area (Å²) in [6, 6.07) is 4.94. The van der Waals surface area contributed by atoms with E-state index in [0.717, 1.165) is 12.1 Å². The molecule has 96 valence electrons. The molecule has 0 heterocycles. The second kappa shape index (κ2) is 6.10. The smallest absolute Gasteiger partial charge is 0.337 e. The summed E-state index contributed by atoms with van der Waals surface area (Å²) in [5, 5.41) is 27.5. The average Bonchev–Trinajstić information content (AvgIpc) is 2.37. The first-order chi connectivity index (χ1) is 8.51. The molecule has 6 heteroatoms. The monoisotopic (exact) mass is 253 g/mol. The second-order valence-corrected chi connectivity index (χ2v) is 3.60. The van der Waals surface area contributed by atoms with Crippen molar-refractivity contribution in [3.63, 3.8) is 0 Å². The van der Waals surface area contributed by atoms with Crippen LogP contribution in [0.2, 0.25) is 0 Å². The van der Waals surface area contributed by atoms with Crippen LogP contribution in [0.4, 0.5) is 4.39 Å². The van der Waals surface area contributed by atoms with Crippen LogP contribution in [0.25, 0.3) is 0 Å². The number of hydrogen-bond donors (Lipinski definition) is 2. The number of ether oxygens (including phenoxy) is 1. The fourth-order valence-electron chi connectivity index (χ4n) is 1.43. The number of aliphatic hydroxyl groups is 2. The van der Waals surface area contributed by atoms with Crippen molar-refractivity contribution < 1.29 is 24.1 Å². The molecule has 0 aliphatic heterocycles. The van der Waals surface area contributed by atoms with Gasteiger partial charge in [0.25, 0.3) is 0 Å². The summed E-state index contributed by atoms with van der Waals surface area (Å²) in [5.41, 5.74) is -0.197. The fraction of sp³-hybridized carbons (Fsp3) is 0.333. The lowest BCUT2D eigenvalue weighted by atomic mass is 10.00. The van der Waals surface area contributed by atoms with Gasteiger partial charge in [-0.05, 0) is 18.2 Å². The van der Waals surface area contributed by atoms with E-state index in [-0.39, 0.29) is 17.5 Å². The molecule has 0 amide bonds. The normalized spacial score (nSPS) is 13.5. The van der Waals surface area contributed by atoms with Gasteiger partial charge in [0.05, 0.1) is 31.3 Å². The molecular weight excluding hydrogens is 241 g/mol. The van der Waals surface area contributed by atoms with E-state index < -0.39 is 24.0 Å². The molecule has 2 unspecified atom stereocenters. The molecular formula is C12H12FNO4.